The fourth-order valence-electron chi connectivity index (χ4n) is 2.90. The third kappa shape index (κ3) is 4.74. The zero-order valence-electron chi connectivity index (χ0n) is 14.8. The summed E-state index contributed by atoms with van der Waals surface area (Å²) in [5.41, 5.74) is 4.32. The van der Waals surface area contributed by atoms with E-state index in [0.717, 1.165) is 41.8 Å². The first-order chi connectivity index (χ1) is 12.7. The topological polar surface area (TPSA) is 44.9 Å². The van der Waals surface area contributed by atoms with Crippen molar-refractivity contribution in [1.82, 2.24) is 9.55 Å². The van der Waals surface area contributed by atoms with E-state index in [1.165, 1.54) is 5.56 Å². The molecule has 2 aromatic carbocycles. The molecule has 3 aromatic rings. The summed E-state index contributed by atoms with van der Waals surface area (Å²) in [6.07, 6.45) is 5.82. The molecule has 3 rings (SSSR count). The first-order valence-electron chi connectivity index (χ1n) is 8.60. The molecule has 0 N–H and O–H groups in total. The number of halogens is 1. The molecule has 0 saturated carbocycles. The molecule has 0 aliphatic heterocycles. The van der Waals surface area contributed by atoms with Crippen LogP contribution in [0.25, 0.3) is 0 Å². The lowest BCUT2D eigenvalue weighted by molar-refractivity contribution is 0.698. The van der Waals surface area contributed by atoms with E-state index in [2.05, 4.69) is 56.1 Å². The number of anilines is 1. The summed E-state index contributed by atoms with van der Waals surface area (Å²) in [5.74, 6) is 0. The molecule has 132 valence electrons. The Hall–Kier alpha value is -2.58. The van der Waals surface area contributed by atoms with Gasteiger partial charge in [-0.1, -0.05) is 28.1 Å². The van der Waals surface area contributed by atoms with Crippen molar-refractivity contribution in [1.29, 1.82) is 5.26 Å². The monoisotopic (exact) mass is 408 g/mol. The average molecular weight is 409 g/mol. The van der Waals surface area contributed by atoms with E-state index in [1.54, 1.807) is 0 Å². The van der Waals surface area contributed by atoms with E-state index in [4.69, 9.17) is 5.26 Å². The van der Waals surface area contributed by atoms with Crippen LogP contribution in [0.5, 0.6) is 0 Å². The molecule has 1 heterocycles. The minimum absolute atomic E-state index is 0.684. The number of imidazole rings is 1. The highest BCUT2D eigenvalue weighted by atomic mass is 79.9. The molecule has 0 radical (unpaired) electrons. The summed E-state index contributed by atoms with van der Waals surface area (Å²) in [7, 11) is 2.02. The van der Waals surface area contributed by atoms with Crippen LogP contribution >= 0.6 is 15.9 Å². The van der Waals surface area contributed by atoms with Gasteiger partial charge in [-0.2, -0.15) is 5.26 Å². The van der Waals surface area contributed by atoms with Crippen molar-refractivity contribution in [2.75, 3.05) is 11.4 Å². The van der Waals surface area contributed by atoms with Gasteiger partial charge in [-0.3, -0.25) is 0 Å². The van der Waals surface area contributed by atoms with Crippen LogP contribution < -0.4 is 4.90 Å². The van der Waals surface area contributed by atoms with Gasteiger partial charge in [0.05, 0.1) is 30.2 Å². The molecule has 0 aliphatic rings. The molecule has 0 spiro atoms. The Morgan fingerprint density at radius 3 is 2.46 bits per heavy atom. The van der Waals surface area contributed by atoms with E-state index in [-0.39, 0.29) is 0 Å². The first-order valence-corrected chi connectivity index (χ1v) is 9.40. The summed E-state index contributed by atoms with van der Waals surface area (Å²) in [5, 5.41) is 9.02. The molecule has 4 nitrogen and oxygen atoms in total. The first kappa shape index (κ1) is 18.2. The largest absolute Gasteiger partial charge is 0.366 e. The maximum Gasteiger partial charge on any atom is 0.0991 e. The van der Waals surface area contributed by atoms with Gasteiger partial charge in [0, 0.05) is 29.9 Å². The van der Waals surface area contributed by atoms with Gasteiger partial charge in [-0.25, -0.2) is 4.98 Å². The van der Waals surface area contributed by atoms with Crippen molar-refractivity contribution in [3.8, 4) is 6.07 Å². The Labute approximate surface area is 162 Å². The lowest BCUT2D eigenvalue weighted by atomic mass is 10.1. The van der Waals surface area contributed by atoms with E-state index < -0.39 is 0 Å². The minimum atomic E-state index is 0.684. The summed E-state index contributed by atoms with van der Waals surface area (Å²) in [4.78, 5) is 6.56. The lowest BCUT2D eigenvalue weighted by Crippen LogP contribution is -2.25. The van der Waals surface area contributed by atoms with Gasteiger partial charge in [0.1, 0.15) is 0 Å². The van der Waals surface area contributed by atoms with Gasteiger partial charge in [0.25, 0.3) is 0 Å². The van der Waals surface area contributed by atoms with Crippen molar-refractivity contribution < 1.29 is 0 Å². The second-order valence-electron chi connectivity index (χ2n) is 6.31. The average Bonchev–Trinajstić information content (AvgIpc) is 3.07. The lowest BCUT2D eigenvalue weighted by Gasteiger charge is -2.25. The molecule has 0 amide bonds. The fraction of sp³-hybridized carbons (Fsp3) is 0.238. The van der Waals surface area contributed by atoms with E-state index in [9.17, 15) is 0 Å². The smallest absolute Gasteiger partial charge is 0.0991 e. The molecule has 5 heteroatoms. The Kier molecular flexibility index (Phi) is 6.08. The maximum absolute atomic E-state index is 9.02. The third-order valence-electron chi connectivity index (χ3n) is 4.44. The van der Waals surface area contributed by atoms with Crippen molar-refractivity contribution in [2.24, 2.45) is 7.05 Å². The Morgan fingerprint density at radius 2 is 1.85 bits per heavy atom. The van der Waals surface area contributed by atoms with Crippen LogP contribution in [0.4, 0.5) is 5.69 Å². The normalized spacial score (nSPS) is 10.5. The molecule has 0 unspecified atom stereocenters. The number of nitrogens with zero attached hydrogens (tertiary/aromatic N) is 4. The van der Waals surface area contributed by atoms with Crippen molar-refractivity contribution >= 4 is 21.6 Å². The van der Waals surface area contributed by atoms with Gasteiger partial charge in [-0.05, 0) is 54.8 Å². The summed E-state index contributed by atoms with van der Waals surface area (Å²) < 4.78 is 3.16. The van der Waals surface area contributed by atoms with E-state index in [1.807, 2.05) is 48.4 Å². The van der Waals surface area contributed by atoms with Crippen LogP contribution in [0.1, 0.15) is 23.2 Å². The van der Waals surface area contributed by atoms with E-state index >= 15 is 0 Å². The molecular weight excluding hydrogens is 388 g/mol. The quantitative estimate of drug-likeness (QED) is 0.569. The summed E-state index contributed by atoms with van der Waals surface area (Å²) in [6, 6.07) is 18.5. The van der Waals surface area contributed by atoms with E-state index in [0.29, 0.717) is 5.56 Å². The molecule has 0 atom stereocenters. The molecule has 26 heavy (non-hydrogen) atoms. The van der Waals surface area contributed by atoms with Crippen molar-refractivity contribution in [3.05, 3.63) is 82.3 Å². The number of aryl methyl sites for hydroxylation is 2. The van der Waals surface area contributed by atoms with Gasteiger partial charge in [-0.15, -0.1) is 0 Å². The zero-order valence-corrected chi connectivity index (χ0v) is 16.4. The third-order valence-corrected chi connectivity index (χ3v) is 4.97. The van der Waals surface area contributed by atoms with Crippen LogP contribution in [0.3, 0.4) is 0 Å². The highest BCUT2D eigenvalue weighted by Crippen LogP contribution is 2.19. The number of hydrogen-bond acceptors (Lipinski definition) is 3. The van der Waals surface area contributed by atoms with Gasteiger partial charge in [0.15, 0.2) is 0 Å². The zero-order chi connectivity index (χ0) is 18.4. The summed E-state index contributed by atoms with van der Waals surface area (Å²) in [6.45, 7) is 1.73. The van der Waals surface area contributed by atoms with Crippen molar-refractivity contribution in [3.63, 3.8) is 0 Å². The number of nitriles is 1. The maximum atomic E-state index is 9.02. The SMILES string of the molecule is Cn1cncc1CN(CCCc1ccc(Br)cc1)c1ccc(C#N)cc1. The Morgan fingerprint density at radius 1 is 1.12 bits per heavy atom. The standard InChI is InChI=1S/C21H21BrN4/c1-25-16-24-14-21(25)15-26(20-10-6-18(13-23)7-11-20)12-2-3-17-4-8-19(22)9-5-17/h4-11,14,16H,2-3,12,15H2,1H3. The Balaban J connectivity index is 1.70. The predicted molar refractivity (Wildman–Crippen MR) is 108 cm³/mol. The molecular formula is C21H21BrN4. The van der Waals surface area contributed by atoms with Gasteiger partial charge in [0.2, 0.25) is 0 Å². The van der Waals surface area contributed by atoms with Crippen molar-refractivity contribution in [2.45, 2.75) is 19.4 Å². The number of hydrogen-bond donors (Lipinski definition) is 0. The van der Waals surface area contributed by atoms with Crippen LogP contribution in [0, 0.1) is 11.3 Å². The fourth-order valence-corrected chi connectivity index (χ4v) is 3.17. The molecule has 0 bridgehead atoms. The highest BCUT2D eigenvalue weighted by molar-refractivity contribution is 9.10. The summed E-state index contributed by atoms with van der Waals surface area (Å²) >= 11 is 3.48. The molecule has 0 aliphatic carbocycles. The number of benzene rings is 2. The van der Waals surface area contributed by atoms with Crippen LogP contribution in [0.15, 0.2) is 65.5 Å². The molecule has 0 saturated heterocycles. The number of rotatable bonds is 7. The molecule has 1 aromatic heterocycles. The highest BCUT2D eigenvalue weighted by Gasteiger charge is 2.10. The second kappa shape index (κ2) is 8.68. The second-order valence-corrected chi connectivity index (χ2v) is 7.22. The van der Waals surface area contributed by atoms with Crippen LogP contribution in [-0.4, -0.2) is 16.1 Å². The van der Waals surface area contributed by atoms with Gasteiger partial charge >= 0.3 is 0 Å². The van der Waals surface area contributed by atoms with Crippen LogP contribution in [-0.2, 0) is 20.0 Å². The Bertz CT molecular complexity index is 876. The van der Waals surface area contributed by atoms with Crippen LogP contribution in [0.2, 0.25) is 0 Å². The number of aromatic nitrogens is 2. The van der Waals surface area contributed by atoms with Gasteiger partial charge < -0.3 is 9.47 Å². The molecule has 0 fully saturated rings. The predicted octanol–water partition coefficient (Wildman–Crippen LogP) is 4.69. The minimum Gasteiger partial charge on any atom is -0.366 e.